The first-order valence-corrected chi connectivity index (χ1v) is 9.09. The van der Waals surface area contributed by atoms with E-state index in [9.17, 15) is 13.2 Å². The van der Waals surface area contributed by atoms with E-state index in [4.69, 9.17) is 14.9 Å². The molecular weight excluding hydrogens is 333 g/mol. The molecule has 1 aromatic rings. The fraction of sp³-hybridized carbons (Fsp3) is 0.684. The minimum absolute atomic E-state index is 0.0551. The third-order valence-corrected chi connectivity index (χ3v) is 4.27. The Labute approximate surface area is 147 Å². The fourth-order valence-corrected chi connectivity index (χ4v) is 2.85. The van der Waals surface area contributed by atoms with Crippen molar-refractivity contribution < 1.29 is 28.1 Å². The molecule has 3 nitrogen and oxygen atoms in total. The molecule has 0 radical (unpaired) electrons. The highest BCUT2D eigenvalue weighted by Crippen LogP contribution is 2.19. The van der Waals surface area contributed by atoms with Crippen LogP contribution in [0.2, 0.25) is 0 Å². The molecule has 0 aliphatic heterocycles. The van der Waals surface area contributed by atoms with Gasteiger partial charge in [-0.05, 0) is 30.9 Å². The number of benzene rings is 1. The van der Waals surface area contributed by atoms with Gasteiger partial charge in [-0.15, -0.1) is 0 Å². The highest BCUT2D eigenvalue weighted by atomic mass is 19.2. The van der Waals surface area contributed by atoms with Gasteiger partial charge < -0.3 is 14.9 Å². The van der Waals surface area contributed by atoms with Crippen molar-refractivity contribution in [1.82, 2.24) is 0 Å². The van der Waals surface area contributed by atoms with Crippen LogP contribution in [0.1, 0.15) is 70.3 Å². The number of unbranched alkanes of at least 4 members (excludes halogenated alkanes) is 6. The molecule has 6 heteroatoms. The standard InChI is InChI=1S/C19H29F3O3/c1-2-3-4-5-6-7-8-9-15(25-19(23)24)11-10-14-12-17(21)18(22)13-16(14)20/h12-13,15,19,23-24H,2-11H2,1H3. The molecule has 0 fully saturated rings. The molecule has 1 rings (SSSR count). The van der Waals surface area contributed by atoms with Crippen LogP contribution in [-0.4, -0.2) is 22.8 Å². The molecule has 0 saturated heterocycles. The van der Waals surface area contributed by atoms with Crippen molar-refractivity contribution in [3.8, 4) is 0 Å². The lowest BCUT2D eigenvalue weighted by molar-refractivity contribution is -0.257. The summed E-state index contributed by atoms with van der Waals surface area (Å²) in [6, 6.07) is 1.36. The molecular formula is C19H29F3O3. The summed E-state index contributed by atoms with van der Waals surface area (Å²) in [4.78, 5) is 0. The second-order valence-electron chi connectivity index (χ2n) is 6.39. The number of hydrogen-bond donors (Lipinski definition) is 2. The lowest BCUT2D eigenvalue weighted by Gasteiger charge is -2.19. The topological polar surface area (TPSA) is 49.7 Å². The molecule has 1 unspecified atom stereocenters. The highest BCUT2D eigenvalue weighted by Gasteiger charge is 2.16. The number of aliphatic hydroxyl groups excluding tert-OH is 1. The summed E-state index contributed by atoms with van der Waals surface area (Å²) in [6.07, 6.45) is 8.42. The van der Waals surface area contributed by atoms with Crippen molar-refractivity contribution in [1.29, 1.82) is 0 Å². The molecule has 0 aliphatic carbocycles. The van der Waals surface area contributed by atoms with Gasteiger partial charge in [0.2, 0.25) is 0 Å². The Kier molecular flexibility index (Phi) is 10.8. The van der Waals surface area contributed by atoms with Crippen LogP contribution in [0.15, 0.2) is 12.1 Å². The predicted molar refractivity (Wildman–Crippen MR) is 90.3 cm³/mol. The number of rotatable bonds is 13. The number of ether oxygens (including phenoxy) is 1. The number of hydrogen-bond acceptors (Lipinski definition) is 3. The average molecular weight is 362 g/mol. The maximum atomic E-state index is 13.7. The normalized spacial score (nSPS) is 12.8. The van der Waals surface area contributed by atoms with E-state index in [1.165, 1.54) is 25.7 Å². The van der Waals surface area contributed by atoms with E-state index in [1.54, 1.807) is 0 Å². The van der Waals surface area contributed by atoms with E-state index in [-0.39, 0.29) is 12.0 Å². The second kappa shape index (κ2) is 12.3. The van der Waals surface area contributed by atoms with Crippen LogP contribution in [0, 0.1) is 17.5 Å². The summed E-state index contributed by atoms with van der Waals surface area (Å²) in [6.45, 7) is 0.266. The molecule has 144 valence electrons. The molecule has 0 spiro atoms. The van der Waals surface area contributed by atoms with Gasteiger partial charge in [0.15, 0.2) is 11.6 Å². The Bertz CT molecular complexity index is 495. The maximum absolute atomic E-state index is 13.7. The van der Waals surface area contributed by atoms with E-state index < -0.39 is 30.0 Å². The number of aryl methyl sites for hydroxylation is 1. The van der Waals surface area contributed by atoms with Crippen molar-refractivity contribution in [2.75, 3.05) is 0 Å². The third kappa shape index (κ3) is 9.23. The van der Waals surface area contributed by atoms with Crippen molar-refractivity contribution >= 4 is 0 Å². The second-order valence-corrected chi connectivity index (χ2v) is 6.39. The van der Waals surface area contributed by atoms with Gasteiger partial charge >= 0.3 is 0 Å². The first-order valence-electron chi connectivity index (χ1n) is 9.09. The zero-order chi connectivity index (χ0) is 18.7. The van der Waals surface area contributed by atoms with Crippen LogP contribution in [0.3, 0.4) is 0 Å². The first-order chi connectivity index (χ1) is 11.9. The molecule has 25 heavy (non-hydrogen) atoms. The van der Waals surface area contributed by atoms with Gasteiger partial charge in [0.1, 0.15) is 5.82 Å². The van der Waals surface area contributed by atoms with Crippen molar-refractivity contribution in [3.63, 3.8) is 0 Å². The largest absolute Gasteiger partial charge is 0.346 e. The molecule has 0 aliphatic rings. The molecule has 0 aromatic heterocycles. The minimum Gasteiger partial charge on any atom is -0.346 e. The van der Waals surface area contributed by atoms with Gasteiger partial charge in [0, 0.05) is 6.07 Å². The molecule has 0 amide bonds. The average Bonchev–Trinajstić information content (AvgIpc) is 2.55. The van der Waals surface area contributed by atoms with Crippen LogP contribution in [-0.2, 0) is 11.2 Å². The zero-order valence-electron chi connectivity index (χ0n) is 14.8. The van der Waals surface area contributed by atoms with Crippen molar-refractivity contribution in [3.05, 3.63) is 35.1 Å². The van der Waals surface area contributed by atoms with Gasteiger partial charge in [0.05, 0.1) is 6.10 Å². The van der Waals surface area contributed by atoms with E-state index in [1.807, 2.05) is 0 Å². The Hall–Kier alpha value is -1.11. The minimum atomic E-state index is -1.90. The molecule has 0 bridgehead atoms. The zero-order valence-corrected chi connectivity index (χ0v) is 14.8. The van der Waals surface area contributed by atoms with Crippen LogP contribution in [0.25, 0.3) is 0 Å². The molecule has 0 heterocycles. The molecule has 2 N–H and O–H groups in total. The predicted octanol–water partition coefficient (Wildman–Crippen LogP) is 4.83. The summed E-state index contributed by atoms with van der Waals surface area (Å²) < 4.78 is 44.8. The summed E-state index contributed by atoms with van der Waals surface area (Å²) in [5.74, 6) is -3.12. The Morgan fingerprint density at radius 1 is 0.840 bits per heavy atom. The lowest BCUT2D eigenvalue weighted by Crippen LogP contribution is -2.22. The van der Waals surface area contributed by atoms with Crippen molar-refractivity contribution in [2.24, 2.45) is 0 Å². The Morgan fingerprint density at radius 3 is 2.08 bits per heavy atom. The lowest BCUT2D eigenvalue weighted by atomic mass is 10.0. The molecule has 1 aromatic carbocycles. The Balaban J connectivity index is 2.41. The fourth-order valence-electron chi connectivity index (χ4n) is 2.85. The van der Waals surface area contributed by atoms with Gasteiger partial charge in [-0.1, -0.05) is 51.9 Å². The van der Waals surface area contributed by atoms with E-state index >= 15 is 0 Å². The van der Waals surface area contributed by atoms with Gasteiger partial charge in [0.25, 0.3) is 6.48 Å². The molecule has 0 saturated carbocycles. The van der Waals surface area contributed by atoms with E-state index in [0.29, 0.717) is 18.9 Å². The van der Waals surface area contributed by atoms with Crippen LogP contribution in [0.4, 0.5) is 13.2 Å². The maximum Gasteiger partial charge on any atom is 0.266 e. The summed E-state index contributed by atoms with van der Waals surface area (Å²) in [5, 5.41) is 18.0. The highest BCUT2D eigenvalue weighted by molar-refractivity contribution is 5.20. The van der Waals surface area contributed by atoms with Crippen LogP contribution < -0.4 is 0 Å². The van der Waals surface area contributed by atoms with Gasteiger partial charge in [-0.25, -0.2) is 13.2 Å². The Morgan fingerprint density at radius 2 is 1.44 bits per heavy atom. The smallest absolute Gasteiger partial charge is 0.266 e. The third-order valence-electron chi connectivity index (χ3n) is 4.27. The van der Waals surface area contributed by atoms with E-state index in [2.05, 4.69) is 6.92 Å². The van der Waals surface area contributed by atoms with Crippen LogP contribution in [0.5, 0.6) is 0 Å². The van der Waals surface area contributed by atoms with Crippen LogP contribution >= 0.6 is 0 Å². The first kappa shape index (κ1) is 21.9. The number of halogens is 3. The summed E-state index contributed by atoms with van der Waals surface area (Å²) >= 11 is 0. The summed E-state index contributed by atoms with van der Waals surface area (Å²) in [5.41, 5.74) is 0.0551. The summed E-state index contributed by atoms with van der Waals surface area (Å²) in [7, 11) is 0. The van der Waals surface area contributed by atoms with Gasteiger partial charge in [-0.3, -0.25) is 0 Å². The van der Waals surface area contributed by atoms with Gasteiger partial charge in [-0.2, -0.15) is 0 Å². The quantitative estimate of drug-likeness (QED) is 0.300. The SMILES string of the molecule is CCCCCCCCCC(CCc1cc(F)c(F)cc1F)OC(O)O. The van der Waals surface area contributed by atoms with Crippen molar-refractivity contribution in [2.45, 2.75) is 83.7 Å². The number of aliphatic hydroxyl groups is 2. The van der Waals surface area contributed by atoms with E-state index in [0.717, 1.165) is 25.3 Å². The molecule has 1 atom stereocenters. The monoisotopic (exact) mass is 362 g/mol.